The third-order valence-electron chi connectivity index (χ3n) is 3.07. The third-order valence-corrected chi connectivity index (χ3v) is 4.96. The smallest absolute Gasteiger partial charge is 0.123 e. The molecule has 1 aromatic carbocycles. The van der Waals surface area contributed by atoms with Gasteiger partial charge in [0, 0.05) is 11.8 Å². The van der Waals surface area contributed by atoms with E-state index >= 15 is 0 Å². The highest BCUT2D eigenvalue weighted by atomic mass is 35.9. The zero-order valence-corrected chi connectivity index (χ0v) is 11.9. The van der Waals surface area contributed by atoms with Crippen molar-refractivity contribution in [2.45, 2.75) is 25.8 Å². The fraction of sp³-hybridized carbons (Fsp3) is 0.500. The number of halogens is 3. The molecule has 0 unspecified atom stereocenters. The van der Waals surface area contributed by atoms with Gasteiger partial charge in [0.1, 0.15) is 12.4 Å². The lowest BCUT2D eigenvalue weighted by Crippen LogP contribution is -2.30. The molecule has 0 spiro atoms. The molecule has 0 aliphatic carbocycles. The van der Waals surface area contributed by atoms with Crippen molar-refractivity contribution in [1.82, 2.24) is 4.90 Å². The summed E-state index contributed by atoms with van der Waals surface area (Å²) in [6, 6.07) is 4.69. The molecule has 1 fully saturated rings. The third kappa shape index (κ3) is 3.79. The van der Waals surface area contributed by atoms with Gasteiger partial charge < -0.3 is 0 Å². The van der Waals surface area contributed by atoms with Crippen molar-refractivity contribution in [2.24, 2.45) is 0 Å². The number of piperidine rings is 1. The SMILES string of the molecule is Fc1ccc(P(Cl)Cl)c(CN2CCCCC2)c1. The molecule has 17 heavy (non-hydrogen) atoms. The Hall–Kier alpha value is 0.120. The standard InChI is InChI=1S/C12H15Cl2FNP/c13-17(14)12-5-4-11(15)8-10(12)9-16-6-2-1-3-7-16/h4-5,8H,1-3,6-7,9H2. The van der Waals surface area contributed by atoms with Gasteiger partial charge in [-0.15, -0.1) is 0 Å². The van der Waals surface area contributed by atoms with Crippen LogP contribution < -0.4 is 5.30 Å². The maximum atomic E-state index is 13.3. The Kier molecular flexibility index (Phi) is 5.05. The summed E-state index contributed by atoms with van der Waals surface area (Å²) in [6.07, 6.45) is 3.74. The zero-order valence-electron chi connectivity index (χ0n) is 9.50. The van der Waals surface area contributed by atoms with E-state index in [1.165, 1.54) is 25.3 Å². The number of nitrogens with zero attached hydrogens (tertiary/aromatic N) is 1. The Balaban J connectivity index is 2.14. The van der Waals surface area contributed by atoms with Gasteiger partial charge in [-0.25, -0.2) is 4.39 Å². The molecular formula is C12H15Cl2FNP. The van der Waals surface area contributed by atoms with Gasteiger partial charge in [0.15, 0.2) is 0 Å². The van der Waals surface area contributed by atoms with Crippen LogP contribution in [-0.4, -0.2) is 18.0 Å². The molecule has 1 aliphatic heterocycles. The van der Waals surface area contributed by atoms with Gasteiger partial charge >= 0.3 is 0 Å². The van der Waals surface area contributed by atoms with E-state index in [0.29, 0.717) is 0 Å². The molecule has 5 heteroatoms. The first-order valence-electron chi connectivity index (χ1n) is 5.79. The minimum Gasteiger partial charge on any atom is -0.299 e. The molecule has 1 aliphatic rings. The average Bonchev–Trinajstić information content (AvgIpc) is 2.30. The summed E-state index contributed by atoms with van der Waals surface area (Å²) in [4.78, 5) is 2.34. The molecule has 2 rings (SSSR count). The van der Waals surface area contributed by atoms with Gasteiger partial charge in [0.05, 0.1) is 0 Å². The second-order valence-corrected chi connectivity index (χ2v) is 7.84. The van der Waals surface area contributed by atoms with E-state index in [0.717, 1.165) is 30.5 Å². The van der Waals surface area contributed by atoms with Gasteiger partial charge in [-0.1, -0.05) is 28.9 Å². The highest BCUT2D eigenvalue weighted by Gasteiger charge is 2.16. The van der Waals surface area contributed by atoms with E-state index in [2.05, 4.69) is 4.90 Å². The topological polar surface area (TPSA) is 3.24 Å². The summed E-state index contributed by atoms with van der Waals surface area (Å²) in [7, 11) is 0. The minimum absolute atomic E-state index is 0.217. The quantitative estimate of drug-likeness (QED) is 0.754. The summed E-state index contributed by atoms with van der Waals surface area (Å²) in [5, 5.41) is 0.885. The van der Waals surface area contributed by atoms with E-state index in [1.54, 1.807) is 12.1 Å². The van der Waals surface area contributed by atoms with Crippen molar-refractivity contribution in [3.05, 3.63) is 29.6 Å². The molecular weight excluding hydrogens is 279 g/mol. The lowest BCUT2D eigenvalue weighted by atomic mass is 10.1. The molecule has 0 aromatic heterocycles. The van der Waals surface area contributed by atoms with Crippen LogP contribution in [-0.2, 0) is 6.54 Å². The number of likely N-dealkylation sites (tertiary alicyclic amines) is 1. The number of hydrogen-bond acceptors (Lipinski definition) is 1. The van der Waals surface area contributed by atoms with Crippen molar-refractivity contribution in [3.63, 3.8) is 0 Å². The largest absolute Gasteiger partial charge is 0.299 e. The lowest BCUT2D eigenvalue weighted by molar-refractivity contribution is 0.221. The summed E-state index contributed by atoms with van der Waals surface area (Å²) in [6.45, 7) is 1.71. The van der Waals surface area contributed by atoms with Crippen molar-refractivity contribution in [1.29, 1.82) is 0 Å². The summed E-state index contributed by atoms with van der Waals surface area (Å²) in [5.74, 6) is -0.217. The van der Waals surface area contributed by atoms with Crippen LogP contribution in [0.4, 0.5) is 4.39 Å². The highest BCUT2D eigenvalue weighted by Crippen LogP contribution is 2.46. The van der Waals surface area contributed by atoms with Crippen LogP contribution in [0.25, 0.3) is 0 Å². The second-order valence-electron chi connectivity index (χ2n) is 4.34. The van der Waals surface area contributed by atoms with Crippen LogP contribution in [0.15, 0.2) is 18.2 Å². The van der Waals surface area contributed by atoms with Crippen molar-refractivity contribution in [3.8, 4) is 0 Å². The van der Waals surface area contributed by atoms with Crippen LogP contribution in [0, 0.1) is 5.82 Å². The molecule has 0 bridgehead atoms. The number of benzene rings is 1. The molecule has 0 N–H and O–H groups in total. The van der Waals surface area contributed by atoms with Crippen LogP contribution >= 0.6 is 29.1 Å². The van der Waals surface area contributed by atoms with E-state index in [1.807, 2.05) is 0 Å². The van der Waals surface area contributed by atoms with Crippen molar-refractivity contribution in [2.75, 3.05) is 13.1 Å². The Morgan fingerprint density at radius 2 is 1.88 bits per heavy atom. The summed E-state index contributed by atoms with van der Waals surface area (Å²) >= 11 is 11.9. The minimum atomic E-state index is -1.20. The summed E-state index contributed by atoms with van der Waals surface area (Å²) in [5.41, 5.74) is 0.933. The molecule has 94 valence electrons. The maximum Gasteiger partial charge on any atom is 0.123 e. The van der Waals surface area contributed by atoms with Gasteiger partial charge in [-0.3, -0.25) is 4.90 Å². The molecule has 0 atom stereocenters. The fourth-order valence-corrected chi connectivity index (χ4v) is 3.73. The van der Waals surface area contributed by atoms with E-state index < -0.39 is 6.63 Å². The molecule has 1 heterocycles. The normalized spacial score (nSPS) is 17.6. The lowest BCUT2D eigenvalue weighted by Gasteiger charge is -2.27. The average molecular weight is 294 g/mol. The van der Waals surface area contributed by atoms with Crippen molar-refractivity contribution < 1.29 is 4.39 Å². The van der Waals surface area contributed by atoms with Crippen LogP contribution in [0.1, 0.15) is 24.8 Å². The first-order valence-corrected chi connectivity index (χ1v) is 8.94. The predicted molar refractivity (Wildman–Crippen MR) is 73.8 cm³/mol. The zero-order chi connectivity index (χ0) is 12.3. The molecule has 1 nitrogen and oxygen atoms in total. The van der Waals surface area contributed by atoms with Crippen LogP contribution in [0.5, 0.6) is 0 Å². The number of hydrogen-bond donors (Lipinski definition) is 0. The summed E-state index contributed by atoms with van der Waals surface area (Å²) < 4.78 is 13.3. The van der Waals surface area contributed by atoms with Gasteiger partial charge in [-0.05, 0) is 49.7 Å². The van der Waals surface area contributed by atoms with E-state index in [9.17, 15) is 4.39 Å². The van der Waals surface area contributed by atoms with Gasteiger partial charge in [0.2, 0.25) is 0 Å². The second kappa shape index (κ2) is 6.33. The van der Waals surface area contributed by atoms with E-state index in [4.69, 9.17) is 22.5 Å². The van der Waals surface area contributed by atoms with Gasteiger partial charge in [-0.2, -0.15) is 0 Å². The molecule has 0 saturated carbocycles. The maximum absolute atomic E-state index is 13.3. The Morgan fingerprint density at radius 3 is 2.53 bits per heavy atom. The highest BCUT2D eigenvalue weighted by molar-refractivity contribution is 8.08. The molecule has 0 radical (unpaired) electrons. The first-order chi connectivity index (χ1) is 8.16. The number of rotatable bonds is 3. The Labute approximate surface area is 112 Å². The molecule has 1 aromatic rings. The van der Waals surface area contributed by atoms with Crippen LogP contribution in [0.3, 0.4) is 0 Å². The predicted octanol–water partition coefficient (Wildman–Crippen LogP) is 4.23. The monoisotopic (exact) mass is 293 g/mol. The van der Waals surface area contributed by atoms with E-state index in [-0.39, 0.29) is 5.82 Å². The fourth-order valence-electron chi connectivity index (χ4n) is 2.20. The Bertz CT molecular complexity index is 381. The van der Waals surface area contributed by atoms with Gasteiger partial charge in [0.25, 0.3) is 0 Å². The molecule has 0 amide bonds. The van der Waals surface area contributed by atoms with Crippen molar-refractivity contribution >= 4 is 34.4 Å². The first kappa shape index (κ1) is 13.5. The molecule has 1 saturated heterocycles. The Morgan fingerprint density at radius 1 is 1.18 bits per heavy atom. The van der Waals surface area contributed by atoms with Crippen LogP contribution in [0.2, 0.25) is 0 Å².